The topological polar surface area (TPSA) is 44.5 Å². The summed E-state index contributed by atoms with van der Waals surface area (Å²) in [5, 5.41) is 0. The molecule has 2 aromatic rings. The van der Waals surface area contributed by atoms with E-state index in [0.29, 0.717) is 13.2 Å². The molecule has 2 N–H and O–H groups in total. The summed E-state index contributed by atoms with van der Waals surface area (Å²) in [5.41, 5.74) is 9.24. The van der Waals surface area contributed by atoms with E-state index < -0.39 is 0 Å². The quantitative estimate of drug-likeness (QED) is 0.842. The van der Waals surface area contributed by atoms with Crippen molar-refractivity contribution in [1.29, 1.82) is 0 Å². The molecule has 3 heteroatoms. The lowest BCUT2D eigenvalue weighted by molar-refractivity contribution is 0.202. The van der Waals surface area contributed by atoms with Crippen molar-refractivity contribution in [3.05, 3.63) is 65.2 Å². The highest BCUT2D eigenvalue weighted by molar-refractivity contribution is 5.30. The molecule has 0 unspecified atom stereocenters. The van der Waals surface area contributed by atoms with Crippen LogP contribution in [-0.4, -0.2) is 13.7 Å². The lowest BCUT2D eigenvalue weighted by Crippen LogP contribution is -2.04. The fourth-order valence-electron chi connectivity index (χ4n) is 2.03. The van der Waals surface area contributed by atoms with Crippen LogP contribution in [0.15, 0.2) is 48.5 Å². The average molecular weight is 271 g/mol. The van der Waals surface area contributed by atoms with Crippen molar-refractivity contribution >= 4 is 0 Å². The molecule has 0 amide bonds. The first-order valence-electron chi connectivity index (χ1n) is 6.81. The van der Waals surface area contributed by atoms with Crippen LogP contribution in [0.25, 0.3) is 0 Å². The number of benzene rings is 2. The van der Waals surface area contributed by atoms with E-state index in [1.807, 2.05) is 30.3 Å². The minimum atomic E-state index is 0.537. The Morgan fingerprint density at radius 1 is 0.950 bits per heavy atom. The number of hydrogen-bond donors (Lipinski definition) is 1. The molecule has 0 fully saturated rings. The molecule has 0 aliphatic carbocycles. The fourth-order valence-corrected chi connectivity index (χ4v) is 2.03. The molecule has 0 radical (unpaired) electrons. The number of ether oxygens (including phenoxy) is 2. The van der Waals surface area contributed by atoms with E-state index >= 15 is 0 Å². The third-order valence-electron chi connectivity index (χ3n) is 3.25. The van der Waals surface area contributed by atoms with Gasteiger partial charge in [0.15, 0.2) is 0 Å². The Bertz CT molecular complexity index is 523. The van der Waals surface area contributed by atoms with Gasteiger partial charge < -0.3 is 15.2 Å². The van der Waals surface area contributed by atoms with Gasteiger partial charge in [-0.25, -0.2) is 0 Å². The molecule has 20 heavy (non-hydrogen) atoms. The first-order valence-corrected chi connectivity index (χ1v) is 6.81. The average Bonchev–Trinajstić information content (AvgIpc) is 2.52. The van der Waals surface area contributed by atoms with Gasteiger partial charge in [-0.05, 0) is 35.2 Å². The highest BCUT2D eigenvalue weighted by Crippen LogP contribution is 2.16. The van der Waals surface area contributed by atoms with Crippen LogP contribution >= 0.6 is 0 Å². The van der Waals surface area contributed by atoms with Gasteiger partial charge in [0.1, 0.15) is 12.4 Å². The summed E-state index contributed by atoms with van der Waals surface area (Å²) >= 11 is 0. The Morgan fingerprint density at radius 2 is 1.65 bits per heavy atom. The molecule has 106 valence electrons. The van der Waals surface area contributed by atoms with Gasteiger partial charge in [-0.2, -0.15) is 0 Å². The summed E-state index contributed by atoms with van der Waals surface area (Å²) in [6.07, 6.45) is 0.923. The maximum atomic E-state index is 5.81. The summed E-state index contributed by atoms with van der Waals surface area (Å²) in [6.45, 7) is 1.82. The Hall–Kier alpha value is -1.84. The molecule has 3 nitrogen and oxygen atoms in total. The van der Waals surface area contributed by atoms with Crippen LogP contribution in [0.2, 0.25) is 0 Å². The SMILES string of the molecule is COCCc1ccc(OCc2ccccc2CN)cc1. The molecule has 0 aromatic heterocycles. The Kier molecular flexibility index (Phi) is 5.59. The molecule has 0 atom stereocenters. The van der Waals surface area contributed by atoms with Gasteiger partial charge in [-0.3, -0.25) is 0 Å². The molecule has 0 aliphatic rings. The highest BCUT2D eigenvalue weighted by Gasteiger charge is 2.01. The summed E-state index contributed by atoms with van der Waals surface area (Å²) in [7, 11) is 1.71. The predicted molar refractivity (Wildman–Crippen MR) is 80.7 cm³/mol. The third-order valence-corrected chi connectivity index (χ3v) is 3.25. The van der Waals surface area contributed by atoms with Gasteiger partial charge in [0, 0.05) is 13.7 Å². The second-order valence-corrected chi connectivity index (χ2v) is 4.65. The van der Waals surface area contributed by atoms with E-state index in [1.54, 1.807) is 7.11 Å². The van der Waals surface area contributed by atoms with Crippen molar-refractivity contribution in [2.24, 2.45) is 5.73 Å². The zero-order valence-electron chi connectivity index (χ0n) is 11.8. The van der Waals surface area contributed by atoms with E-state index in [4.69, 9.17) is 15.2 Å². The summed E-state index contributed by atoms with van der Waals surface area (Å²) in [5.74, 6) is 0.873. The standard InChI is InChI=1S/C17H21NO2/c1-19-11-10-14-6-8-17(9-7-14)20-13-16-5-3-2-4-15(16)12-18/h2-9H,10-13,18H2,1H3. The lowest BCUT2D eigenvalue weighted by Gasteiger charge is -2.10. The number of rotatable bonds is 7. The Labute approximate surface area is 120 Å². The second kappa shape index (κ2) is 7.68. The van der Waals surface area contributed by atoms with Crippen LogP contribution in [0.1, 0.15) is 16.7 Å². The van der Waals surface area contributed by atoms with Crippen molar-refractivity contribution < 1.29 is 9.47 Å². The smallest absolute Gasteiger partial charge is 0.119 e. The van der Waals surface area contributed by atoms with E-state index in [-0.39, 0.29) is 0 Å². The molecule has 0 saturated heterocycles. The first kappa shape index (κ1) is 14.6. The lowest BCUT2D eigenvalue weighted by atomic mass is 10.1. The maximum absolute atomic E-state index is 5.81. The highest BCUT2D eigenvalue weighted by atomic mass is 16.5. The zero-order valence-corrected chi connectivity index (χ0v) is 11.8. The molecule has 2 rings (SSSR count). The van der Waals surface area contributed by atoms with Crippen molar-refractivity contribution in [3.8, 4) is 5.75 Å². The molecular weight excluding hydrogens is 250 g/mol. The minimum absolute atomic E-state index is 0.537. The summed E-state index contributed by atoms with van der Waals surface area (Å²) in [4.78, 5) is 0. The van der Waals surface area contributed by atoms with Crippen LogP contribution in [0.3, 0.4) is 0 Å². The number of hydrogen-bond acceptors (Lipinski definition) is 3. The Balaban J connectivity index is 1.93. The fraction of sp³-hybridized carbons (Fsp3) is 0.294. The van der Waals surface area contributed by atoms with Crippen molar-refractivity contribution in [3.63, 3.8) is 0 Å². The normalized spacial score (nSPS) is 10.5. The van der Waals surface area contributed by atoms with Crippen molar-refractivity contribution in [2.75, 3.05) is 13.7 Å². The van der Waals surface area contributed by atoms with Gasteiger partial charge in [-0.1, -0.05) is 36.4 Å². The molecule has 2 aromatic carbocycles. The van der Waals surface area contributed by atoms with Gasteiger partial charge in [-0.15, -0.1) is 0 Å². The number of methoxy groups -OCH3 is 1. The first-order chi connectivity index (χ1) is 9.83. The van der Waals surface area contributed by atoms with Crippen LogP contribution in [0.4, 0.5) is 0 Å². The van der Waals surface area contributed by atoms with Gasteiger partial charge in [0.2, 0.25) is 0 Å². The zero-order chi connectivity index (χ0) is 14.2. The molecule has 0 heterocycles. The largest absolute Gasteiger partial charge is 0.489 e. The minimum Gasteiger partial charge on any atom is -0.489 e. The van der Waals surface area contributed by atoms with Crippen LogP contribution < -0.4 is 10.5 Å². The van der Waals surface area contributed by atoms with Crippen LogP contribution in [0, 0.1) is 0 Å². The molecule has 0 aliphatic heterocycles. The van der Waals surface area contributed by atoms with Crippen LogP contribution in [0.5, 0.6) is 5.75 Å². The van der Waals surface area contributed by atoms with Gasteiger partial charge >= 0.3 is 0 Å². The second-order valence-electron chi connectivity index (χ2n) is 4.65. The Morgan fingerprint density at radius 3 is 2.30 bits per heavy atom. The predicted octanol–water partition coefficient (Wildman–Crippen LogP) is 2.91. The summed E-state index contributed by atoms with van der Waals surface area (Å²) < 4.78 is 10.9. The van der Waals surface area contributed by atoms with Crippen molar-refractivity contribution in [2.45, 2.75) is 19.6 Å². The van der Waals surface area contributed by atoms with Gasteiger partial charge in [0.25, 0.3) is 0 Å². The summed E-state index contributed by atoms with van der Waals surface area (Å²) in [6, 6.07) is 16.2. The molecular formula is C17H21NO2. The van der Waals surface area contributed by atoms with E-state index in [9.17, 15) is 0 Å². The van der Waals surface area contributed by atoms with E-state index in [2.05, 4.69) is 18.2 Å². The van der Waals surface area contributed by atoms with E-state index in [0.717, 1.165) is 29.9 Å². The van der Waals surface area contributed by atoms with E-state index in [1.165, 1.54) is 5.56 Å². The number of nitrogens with two attached hydrogens (primary N) is 1. The molecule has 0 spiro atoms. The van der Waals surface area contributed by atoms with Gasteiger partial charge in [0.05, 0.1) is 6.61 Å². The third kappa shape index (κ3) is 4.08. The maximum Gasteiger partial charge on any atom is 0.119 e. The van der Waals surface area contributed by atoms with Crippen LogP contribution in [-0.2, 0) is 24.3 Å². The monoisotopic (exact) mass is 271 g/mol. The molecule has 0 saturated carbocycles. The molecule has 0 bridgehead atoms. The van der Waals surface area contributed by atoms with Crippen molar-refractivity contribution in [1.82, 2.24) is 0 Å².